The molecule has 80 valence electrons. The number of rotatable bonds is 3. The fourth-order valence-electron chi connectivity index (χ4n) is 1.74. The topological polar surface area (TPSA) is 29.4 Å². The molecule has 0 unspecified atom stereocenters. The van der Waals surface area contributed by atoms with Gasteiger partial charge in [-0.15, -0.1) is 0 Å². The third kappa shape index (κ3) is 2.16. The monoisotopic (exact) mass is 211 g/mol. The fraction of sp³-hybridized carbons (Fsp3) is 0.143. The van der Waals surface area contributed by atoms with Crippen molar-refractivity contribution in [3.05, 3.63) is 64.6 Å². The molecule has 0 aliphatic heterocycles. The Balaban J connectivity index is 2.46. The van der Waals surface area contributed by atoms with Crippen LogP contribution in [-0.4, -0.2) is 0 Å². The maximum atomic E-state index is 10.4. The summed E-state index contributed by atoms with van der Waals surface area (Å²) in [6.07, 6.45) is 0. The molecule has 0 atom stereocenters. The smallest absolute Gasteiger partial charge is 0.107 e. The van der Waals surface area contributed by atoms with Crippen molar-refractivity contribution >= 4 is 0 Å². The molecule has 0 spiro atoms. The van der Waals surface area contributed by atoms with Crippen molar-refractivity contribution in [2.75, 3.05) is 0 Å². The molecular weight excluding hydrogens is 198 g/mol. The van der Waals surface area contributed by atoms with Gasteiger partial charge >= 0.3 is 0 Å². The number of aryl methyl sites for hydroxylation is 1. The average Bonchev–Trinajstić information content (AvgIpc) is 2.32. The lowest BCUT2D eigenvalue weighted by atomic mass is 9.99. The Hall–Kier alpha value is -1.96. The van der Waals surface area contributed by atoms with Crippen LogP contribution >= 0.6 is 0 Å². The van der Waals surface area contributed by atoms with Crippen LogP contribution in [0, 0.1) is 11.8 Å². The molecule has 0 heterocycles. The SMILES string of the molecule is Cc1ccc(-c2ccccc2CN=O)cc1. The highest BCUT2D eigenvalue weighted by atomic mass is 16.3. The van der Waals surface area contributed by atoms with Crippen LogP contribution in [0.5, 0.6) is 0 Å². The van der Waals surface area contributed by atoms with Crippen molar-refractivity contribution in [2.45, 2.75) is 13.5 Å². The first-order chi connectivity index (χ1) is 7.81. The van der Waals surface area contributed by atoms with Gasteiger partial charge in [0, 0.05) is 0 Å². The zero-order valence-electron chi connectivity index (χ0n) is 9.18. The molecule has 2 rings (SSSR count). The van der Waals surface area contributed by atoms with E-state index in [0.717, 1.165) is 16.7 Å². The van der Waals surface area contributed by atoms with Gasteiger partial charge in [0.2, 0.25) is 0 Å². The summed E-state index contributed by atoms with van der Waals surface area (Å²) in [5.74, 6) is 0. The Morgan fingerprint density at radius 1 is 1.00 bits per heavy atom. The van der Waals surface area contributed by atoms with E-state index in [9.17, 15) is 4.91 Å². The maximum absolute atomic E-state index is 10.4. The quantitative estimate of drug-likeness (QED) is 0.707. The highest BCUT2D eigenvalue weighted by molar-refractivity contribution is 5.67. The molecule has 0 radical (unpaired) electrons. The van der Waals surface area contributed by atoms with Crippen LogP contribution in [0.2, 0.25) is 0 Å². The fourth-order valence-corrected chi connectivity index (χ4v) is 1.74. The minimum Gasteiger partial charge on any atom is -0.150 e. The number of hydrogen-bond donors (Lipinski definition) is 0. The van der Waals surface area contributed by atoms with Gasteiger partial charge in [-0.25, -0.2) is 0 Å². The van der Waals surface area contributed by atoms with Crippen LogP contribution in [0.4, 0.5) is 0 Å². The van der Waals surface area contributed by atoms with Crippen molar-refractivity contribution in [2.24, 2.45) is 5.18 Å². The third-order valence-corrected chi connectivity index (χ3v) is 2.61. The lowest BCUT2D eigenvalue weighted by Gasteiger charge is -2.06. The Morgan fingerprint density at radius 2 is 1.69 bits per heavy atom. The van der Waals surface area contributed by atoms with E-state index in [2.05, 4.69) is 36.4 Å². The highest BCUT2D eigenvalue weighted by Gasteiger charge is 2.03. The van der Waals surface area contributed by atoms with E-state index in [1.54, 1.807) is 0 Å². The second kappa shape index (κ2) is 4.71. The first-order valence-corrected chi connectivity index (χ1v) is 5.25. The summed E-state index contributed by atoms with van der Waals surface area (Å²) in [5.41, 5.74) is 4.42. The highest BCUT2D eigenvalue weighted by Crippen LogP contribution is 2.24. The minimum absolute atomic E-state index is 0.226. The predicted molar refractivity (Wildman–Crippen MR) is 66.1 cm³/mol. The molecule has 0 aliphatic carbocycles. The molecule has 0 aromatic heterocycles. The molecule has 2 heteroatoms. The minimum atomic E-state index is 0.226. The molecule has 16 heavy (non-hydrogen) atoms. The van der Waals surface area contributed by atoms with Gasteiger partial charge in [0.1, 0.15) is 6.54 Å². The summed E-state index contributed by atoms with van der Waals surface area (Å²) >= 11 is 0. The molecule has 0 saturated heterocycles. The number of benzene rings is 2. The average molecular weight is 211 g/mol. The molecule has 2 aromatic rings. The molecule has 2 nitrogen and oxygen atoms in total. The summed E-state index contributed by atoms with van der Waals surface area (Å²) in [7, 11) is 0. The van der Waals surface area contributed by atoms with Crippen molar-refractivity contribution in [3.63, 3.8) is 0 Å². The lowest BCUT2D eigenvalue weighted by molar-refractivity contribution is 1.06. The van der Waals surface area contributed by atoms with E-state index in [-0.39, 0.29) is 6.54 Å². The molecule has 0 amide bonds. The first kappa shape index (κ1) is 10.6. The molecule has 2 aromatic carbocycles. The van der Waals surface area contributed by atoms with Gasteiger partial charge in [-0.2, -0.15) is 4.91 Å². The predicted octanol–water partition coefficient (Wildman–Crippen LogP) is 3.93. The van der Waals surface area contributed by atoms with Gasteiger partial charge in [-0.1, -0.05) is 59.3 Å². The van der Waals surface area contributed by atoms with E-state index in [4.69, 9.17) is 0 Å². The Labute approximate surface area is 94.9 Å². The molecule has 0 saturated carbocycles. The summed E-state index contributed by atoms with van der Waals surface area (Å²) in [5, 5.41) is 2.96. The van der Waals surface area contributed by atoms with Crippen LogP contribution in [0.15, 0.2) is 53.7 Å². The van der Waals surface area contributed by atoms with Crippen LogP contribution < -0.4 is 0 Å². The molecule has 0 N–H and O–H groups in total. The summed E-state index contributed by atoms with van der Waals surface area (Å²) in [4.78, 5) is 10.4. The van der Waals surface area contributed by atoms with E-state index in [1.807, 2.05) is 24.3 Å². The molecule has 0 bridgehead atoms. The van der Waals surface area contributed by atoms with Gasteiger partial charge in [0.15, 0.2) is 0 Å². The van der Waals surface area contributed by atoms with Gasteiger partial charge in [0.25, 0.3) is 0 Å². The van der Waals surface area contributed by atoms with Crippen LogP contribution in [-0.2, 0) is 6.54 Å². The third-order valence-electron chi connectivity index (χ3n) is 2.61. The Bertz CT molecular complexity index is 488. The first-order valence-electron chi connectivity index (χ1n) is 5.25. The van der Waals surface area contributed by atoms with Gasteiger partial charge in [-0.05, 0) is 23.6 Å². The van der Waals surface area contributed by atoms with Crippen molar-refractivity contribution < 1.29 is 0 Å². The Kier molecular flexibility index (Phi) is 3.10. The molecular formula is C14H13NO. The molecule has 0 aliphatic rings. The number of nitrogens with zero attached hydrogens (tertiary/aromatic N) is 1. The van der Waals surface area contributed by atoms with E-state index >= 15 is 0 Å². The normalized spacial score (nSPS) is 10.1. The second-order valence-corrected chi connectivity index (χ2v) is 3.81. The number of nitroso groups, excluding NO2 is 1. The second-order valence-electron chi connectivity index (χ2n) is 3.81. The van der Waals surface area contributed by atoms with Gasteiger partial charge in [0.05, 0.1) is 0 Å². The summed E-state index contributed by atoms with van der Waals surface area (Å²) < 4.78 is 0. The standard InChI is InChI=1S/C14H13NO/c1-11-6-8-12(9-7-11)14-5-3-2-4-13(14)10-15-16/h2-9H,10H2,1H3. The van der Waals surface area contributed by atoms with E-state index in [0.29, 0.717) is 0 Å². The van der Waals surface area contributed by atoms with E-state index in [1.165, 1.54) is 5.56 Å². The zero-order chi connectivity index (χ0) is 11.4. The van der Waals surface area contributed by atoms with E-state index < -0.39 is 0 Å². The summed E-state index contributed by atoms with van der Waals surface area (Å²) in [6, 6.07) is 16.1. The lowest BCUT2D eigenvalue weighted by Crippen LogP contribution is -1.87. The van der Waals surface area contributed by atoms with Crippen molar-refractivity contribution in [3.8, 4) is 11.1 Å². The van der Waals surface area contributed by atoms with Crippen molar-refractivity contribution in [1.29, 1.82) is 0 Å². The zero-order valence-corrected chi connectivity index (χ0v) is 9.18. The van der Waals surface area contributed by atoms with Crippen LogP contribution in [0.1, 0.15) is 11.1 Å². The molecule has 0 fully saturated rings. The Morgan fingerprint density at radius 3 is 2.38 bits per heavy atom. The summed E-state index contributed by atoms with van der Waals surface area (Å²) in [6.45, 7) is 2.28. The number of hydrogen-bond acceptors (Lipinski definition) is 2. The largest absolute Gasteiger partial charge is 0.150 e. The maximum Gasteiger partial charge on any atom is 0.107 e. The van der Waals surface area contributed by atoms with Crippen molar-refractivity contribution in [1.82, 2.24) is 0 Å². The van der Waals surface area contributed by atoms with Crippen LogP contribution in [0.3, 0.4) is 0 Å². The van der Waals surface area contributed by atoms with Crippen LogP contribution in [0.25, 0.3) is 11.1 Å². The van der Waals surface area contributed by atoms with Gasteiger partial charge < -0.3 is 0 Å². The van der Waals surface area contributed by atoms with Gasteiger partial charge in [-0.3, -0.25) is 0 Å².